The summed E-state index contributed by atoms with van der Waals surface area (Å²) in [6.07, 6.45) is 6.92. The number of likely N-dealkylation sites (tertiary alicyclic amines) is 1. The fourth-order valence-corrected chi connectivity index (χ4v) is 5.03. The molecular weight excluding hydrogens is 388 g/mol. The van der Waals surface area contributed by atoms with E-state index in [-0.39, 0.29) is 12.0 Å². The Bertz CT molecular complexity index is 779. The standard InChI is InChI=1S/C25H38N4O2/c1-19(2)17-27(3)18-20-4-8-22(9-5-20)29-23(10-13-26-29)16-25(31)11-14-28(15-12-25)24(30)21-6-7-21/h4-5,8-9,13,19,21,23,31H,6-7,10-12,14-18H2,1-3H3. The molecule has 2 heterocycles. The Balaban J connectivity index is 1.32. The fourth-order valence-electron chi connectivity index (χ4n) is 5.03. The Morgan fingerprint density at radius 3 is 2.52 bits per heavy atom. The molecule has 6 nitrogen and oxygen atoms in total. The number of hydrogen-bond acceptors (Lipinski definition) is 5. The Morgan fingerprint density at radius 1 is 1.23 bits per heavy atom. The highest BCUT2D eigenvalue weighted by Gasteiger charge is 2.41. The van der Waals surface area contributed by atoms with Crippen molar-refractivity contribution in [3.63, 3.8) is 0 Å². The molecule has 2 fully saturated rings. The van der Waals surface area contributed by atoms with Crippen LogP contribution in [0.2, 0.25) is 0 Å². The van der Waals surface area contributed by atoms with Crippen molar-refractivity contribution in [2.45, 2.75) is 70.6 Å². The van der Waals surface area contributed by atoms with Crippen LogP contribution in [0.5, 0.6) is 0 Å². The predicted molar refractivity (Wildman–Crippen MR) is 125 cm³/mol. The summed E-state index contributed by atoms with van der Waals surface area (Å²) in [5.41, 5.74) is 1.67. The van der Waals surface area contributed by atoms with E-state index in [1.807, 2.05) is 11.1 Å². The third-order valence-electron chi connectivity index (χ3n) is 6.81. The highest BCUT2D eigenvalue weighted by molar-refractivity contribution is 5.81. The molecule has 0 bridgehead atoms. The van der Waals surface area contributed by atoms with Gasteiger partial charge in [-0.05, 0) is 62.8 Å². The van der Waals surface area contributed by atoms with Gasteiger partial charge in [0.25, 0.3) is 0 Å². The lowest BCUT2D eigenvalue weighted by Crippen LogP contribution is -2.49. The van der Waals surface area contributed by atoms with Crippen molar-refractivity contribution in [2.75, 3.05) is 31.7 Å². The van der Waals surface area contributed by atoms with Gasteiger partial charge < -0.3 is 14.9 Å². The van der Waals surface area contributed by atoms with Gasteiger partial charge in [0, 0.05) is 44.7 Å². The number of hydrogen-bond donors (Lipinski definition) is 1. The molecule has 0 spiro atoms. The summed E-state index contributed by atoms with van der Waals surface area (Å²) in [5.74, 6) is 1.22. The van der Waals surface area contributed by atoms with Crippen LogP contribution < -0.4 is 5.01 Å². The second-order valence-corrected chi connectivity index (χ2v) is 10.3. The van der Waals surface area contributed by atoms with Crippen molar-refractivity contribution in [3.05, 3.63) is 29.8 Å². The van der Waals surface area contributed by atoms with Gasteiger partial charge in [0.15, 0.2) is 0 Å². The molecule has 1 aliphatic carbocycles. The molecule has 1 aromatic rings. The molecule has 6 heteroatoms. The first-order valence-corrected chi connectivity index (χ1v) is 11.9. The SMILES string of the molecule is CC(C)CN(C)Cc1ccc(N2N=CCC2CC2(O)CCN(C(=O)C3CC3)CC2)cc1. The van der Waals surface area contributed by atoms with Gasteiger partial charge in [-0.1, -0.05) is 26.0 Å². The number of amides is 1. The number of rotatable bonds is 8. The molecule has 1 aromatic carbocycles. The third-order valence-corrected chi connectivity index (χ3v) is 6.81. The van der Waals surface area contributed by atoms with Gasteiger partial charge in [-0.25, -0.2) is 0 Å². The molecule has 1 atom stereocenters. The zero-order chi connectivity index (χ0) is 22.0. The largest absolute Gasteiger partial charge is 0.390 e. The summed E-state index contributed by atoms with van der Waals surface area (Å²) in [7, 11) is 2.17. The topological polar surface area (TPSA) is 59.4 Å². The van der Waals surface area contributed by atoms with Crippen molar-refractivity contribution >= 4 is 17.8 Å². The predicted octanol–water partition coefficient (Wildman–Crippen LogP) is 3.49. The average molecular weight is 427 g/mol. The van der Waals surface area contributed by atoms with Crippen LogP contribution in [0.1, 0.15) is 57.9 Å². The molecule has 0 radical (unpaired) electrons. The molecular formula is C25H38N4O2. The smallest absolute Gasteiger partial charge is 0.225 e. The molecule has 31 heavy (non-hydrogen) atoms. The van der Waals surface area contributed by atoms with Crippen LogP contribution in [-0.4, -0.2) is 65.4 Å². The van der Waals surface area contributed by atoms with E-state index in [0.29, 0.717) is 44.2 Å². The Hall–Kier alpha value is -1.92. The van der Waals surface area contributed by atoms with E-state index in [1.165, 1.54) is 5.56 Å². The summed E-state index contributed by atoms with van der Waals surface area (Å²) >= 11 is 0. The van der Waals surface area contributed by atoms with Crippen LogP contribution in [0.15, 0.2) is 29.4 Å². The monoisotopic (exact) mass is 426 g/mol. The summed E-state index contributed by atoms with van der Waals surface area (Å²) in [5, 5.41) is 17.9. The number of carbonyl (C=O) groups is 1. The molecule has 0 aromatic heterocycles. The van der Waals surface area contributed by atoms with Crippen molar-refractivity contribution in [1.29, 1.82) is 0 Å². The molecule has 170 valence electrons. The van der Waals surface area contributed by atoms with E-state index in [0.717, 1.165) is 38.0 Å². The first-order chi connectivity index (χ1) is 14.8. The highest BCUT2D eigenvalue weighted by Crippen LogP contribution is 2.36. The van der Waals surface area contributed by atoms with E-state index < -0.39 is 5.60 Å². The number of nitrogens with zero attached hydrogens (tertiary/aromatic N) is 4. The minimum atomic E-state index is -0.712. The van der Waals surface area contributed by atoms with E-state index in [1.54, 1.807) is 0 Å². The first kappa shape index (κ1) is 22.3. The van der Waals surface area contributed by atoms with Crippen LogP contribution in [0.3, 0.4) is 0 Å². The lowest BCUT2D eigenvalue weighted by atomic mass is 9.84. The van der Waals surface area contributed by atoms with E-state index in [9.17, 15) is 9.90 Å². The second kappa shape index (κ2) is 9.29. The van der Waals surface area contributed by atoms with Crippen molar-refractivity contribution < 1.29 is 9.90 Å². The molecule has 4 rings (SSSR count). The summed E-state index contributed by atoms with van der Waals surface area (Å²) in [6.45, 7) is 7.88. The number of piperidine rings is 1. The number of anilines is 1. The van der Waals surface area contributed by atoms with E-state index in [4.69, 9.17) is 0 Å². The number of hydrazone groups is 1. The van der Waals surface area contributed by atoms with E-state index in [2.05, 4.69) is 60.2 Å². The van der Waals surface area contributed by atoms with Crippen molar-refractivity contribution in [1.82, 2.24) is 9.80 Å². The summed E-state index contributed by atoms with van der Waals surface area (Å²) in [6, 6.07) is 8.84. The van der Waals surface area contributed by atoms with Crippen molar-refractivity contribution in [3.8, 4) is 0 Å². The van der Waals surface area contributed by atoms with Crippen LogP contribution in [0, 0.1) is 11.8 Å². The van der Waals surface area contributed by atoms with Gasteiger partial charge in [-0.3, -0.25) is 9.80 Å². The molecule has 1 saturated carbocycles. The average Bonchev–Trinajstić information content (AvgIpc) is 3.48. The number of carbonyl (C=O) groups excluding carboxylic acids is 1. The Kier molecular flexibility index (Phi) is 6.68. The van der Waals surface area contributed by atoms with Crippen molar-refractivity contribution in [2.24, 2.45) is 16.9 Å². The molecule has 1 N–H and O–H groups in total. The fraction of sp³-hybridized carbons (Fsp3) is 0.680. The first-order valence-electron chi connectivity index (χ1n) is 11.9. The zero-order valence-electron chi connectivity index (χ0n) is 19.3. The molecule has 1 amide bonds. The maximum Gasteiger partial charge on any atom is 0.225 e. The van der Waals surface area contributed by atoms with Gasteiger partial charge in [-0.15, -0.1) is 0 Å². The minimum Gasteiger partial charge on any atom is -0.390 e. The van der Waals surface area contributed by atoms with Crippen LogP contribution in [0.4, 0.5) is 5.69 Å². The lowest BCUT2D eigenvalue weighted by molar-refractivity contribution is -0.137. The van der Waals surface area contributed by atoms with Gasteiger partial charge >= 0.3 is 0 Å². The summed E-state index contributed by atoms with van der Waals surface area (Å²) in [4.78, 5) is 16.6. The summed E-state index contributed by atoms with van der Waals surface area (Å²) < 4.78 is 0. The molecule has 1 saturated heterocycles. The van der Waals surface area contributed by atoms with Crippen LogP contribution >= 0.6 is 0 Å². The second-order valence-electron chi connectivity index (χ2n) is 10.3. The number of aliphatic hydroxyl groups is 1. The maximum absolute atomic E-state index is 12.3. The zero-order valence-corrected chi connectivity index (χ0v) is 19.3. The third kappa shape index (κ3) is 5.66. The van der Waals surface area contributed by atoms with Gasteiger partial charge in [-0.2, -0.15) is 5.10 Å². The number of benzene rings is 1. The molecule has 2 aliphatic heterocycles. The van der Waals surface area contributed by atoms with Crippen LogP contribution in [-0.2, 0) is 11.3 Å². The quantitative estimate of drug-likeness (QED) is 0.691. The van der Waals surface area contributed by atoms with Gasteiger partial charge in [0.05, 0.1) is 17.3 Å². The normalized spacial score (nSPS) is 23.2. The lowest BCUT2D eigenvalue weighted by Gasteiger charge is -2.40. The van der Waals surface area contributed by atoms with Gasteiger partial charge in [0.2, 0.25) is 5.91 Å². The Morgan fingerprint density at radius 2 is 1.90 bits per heavy atom. The molecule has 3 aliphatic rings. The maximum atomic E-state index is 12.3. The highest BCUT2D eigenvalue weighted by atomic mass is 16.3. The Labute approximate surface area is 186 Å². The minimum absolute atomic E-state index is 0.171. The van der Waals surface area contributed by atoms with Gasteiger partial charge in [0.1, 0.15) is 0 Å². The van der Waals surface area contributed by atoms with E-state index >= 15 is 0 Å². The van der Waals surface area contributed by atoms with Crippen LogP contribution in [0.25, 0.3) is 0 Å². The molecule has 1 unspecified atom stereocenters.